The maximum Gasteiger partial charge on any atom is 0.0962 e. The Morgan fingerprint density at radius 3 is 3.00 bits per heavy atom. The summed E-state index contributed by atoms with van der Waals surface area (Å²) in [6, 6.07) is 5.72. The summed E-state index contributed by atoms with van der Waals surface area (Å²) < 4.78 is 1.91. The van der Waals surface area contributed by atoms with E-state index >= 15 is 0 Å². The van der Waals surface area contributed by atoms with Crippen molar-refractivity contribution in [1.29, 1.82) is 0 Å². The summed E-state index contributed by atoms with van der Waals surface area (Å²) >= 11 is 1.70. The van der Waals surface area contributed by atoms with Gasteiger partial charge in [0.1, 0.15) is 0 Å². The second-order valence-corrected chi connectivity index (χ2v) is 4.16. The van der Waals surface area contributed by atoms with Crippen molar-refractivity contribution in [3.05, 3.63) is 36.8 Å². The number of hydrogen-bond donors (Lipinski definition) is 1. The molecule has 4 nitrogen and oxygen atoms in total. The monoisotopic (exact) mass is 220 g/mol. The van der Waals surface area contributed by atoms with Crippen LogP contribution in [0.1, 0.15) is 0 Å². The molecule has 78 valence electrons. The van der Waals surface area contributed by atoms with Crippen molar-refractivity contribution < 1.29 is 0 Å². The van der Waals surface area contributed by atoms with Gasteiger partial charge in [-0.1, -0.05) is 0 Å². The van der Waals surface area contributed by atoms with Crippen LogP contribution in [-0.2, 0) is 6.54 Å². The minimum Gasteiger partial charge on any atom is -0.397 e. The van der Waals surface area contributed by atoms with Crippen LogP contribution in [0.4, 0.5) is 5.69 Å². The molecular weight excluding hydrogens is 208 g/mol. The summed E-state index contributed by atoms with van der Waals surface area (Å²) in [6.45, 7) is 0.893. The fraction of sp³-hybridized carbons (Fsp3) is 0.200. The molecular formula is C10H12N4S. The van der Waals surface area contributed by atoms with E-state index in [1.807, 2.05) is 29.1 Å². The average Bonchev–Trinajstić information content (AvgIpc) is 2.74. The van der Waals surface area contributed by atoms with Crippen molar-refractivity contribution in [3.63, 3.8) is 0 Å². The molecule has 0 spiro atoms. The van der Waals surface area contributed by atoms with E-state index in [0.717, 1.165) is 17.3 Å². The lowest BCUT2D eigenvalue weighted by molar-refractivity contribution is 0.666. The lowest BCUT2D eigenvalue weighted by atomic mass is 10.4. The standard InChI is InChI=1S/C10H12N4S/c11-9-2-3-10(12-8-9)15-7-6-14-5-1-4-13-14/h1-5,8H,6-7,11H2. The van der Waals surface area contributed by atoms with Gasteiger partial charge in [0.05, 0.1) is 23.5 Å². The summed E-state index contributed by atoms with van der Waals surface area (Å²) in [6.07, 6.45) is 5.42. The van der Waals surface area contributed by atoms with Crippen LogP contribution >= 0.6 is 11.8 Å². The van der Waals surface area contributed by atoms with Crippen LogP contribution in [0.25, 0.3) is 0 Å². The molecule has 5 heteroatoms. The molecule has 0 aliphatic rings. The Morgan fingerprint density at radius 1 is 1.40 bits per heavy atom. The van der Waals surface area contributed by atoms with Crippen LogP contribution in [0.3, 0.4) is 0 Å². The molecule has 0 radical (unpaired) electrons. The quantitative estimate of drug-likeness (QED) is 0.796. The Kier molecular flexibility index (Phi) is 3.24. The fourth-order valence-corrected chi connectivity index (χ4v) is 1.93. The molecule has 2 heterocycles. The molecule has 0 aromatic carbocycles. The van der Waals surface area contributed by atoms with Gasteiger partial charge in [-0.15, -0.1) is 11.8 Å². The number of nitrogen functional groups attached to an aromatic ring is 1. The van der Waals surface area contributed by atoms with Gasteiger partial charge in [-0.05, 0) is 18.2 Å². The average molecular weight is 220 g/mol. The number of hydrogen-bond acceptors (Lipinski definition) is 4. The first kappa shape index (κ1) is 10.0. The predicted molar refractivity (Wildman–Crippen MR) is 61.6 cm³/mol. The minimum absolute atomic E-state index is 0.700. The van der Waals surface area contributed by atoms with E-state index in [1.165, 1.54) is 0 Å². The van der Waals surface area contributed by atoms with Crippen molar-refractivity contribution in [2.24, 2.45) is 0 Å². The number of nitrogens with zero attached hydrogens (tertiary/aromatic N) is 3. The lowest BCUT2D eigenvalue weighted by Gasteiger charge is -2.01. The molecule has 15 heavy (non-hydrogen) atoms. The Morgan fingerprint density at radius 2 is 2.33 bits per heavy atom. The third-order valence-electron chi connectivity index (χ3n) is 1.89. The topological polar surface area (TPSA) is 56.7 Å². The van der Waals surface area contributed by atoms with Gasteiger partial charge in [0.15, 0.2) is 0 Å². The van der Waals surface area contributed by atoms with E-state index in [2.05, 4.69) is 10.1 Å². The zero-order chi connectivity index (χ0) is 10.5. The number of anilines is 1. The summed E-state index contributed by atoms with van der Waals surface area (Å²) in [7, 11) is 0. The fourth-order valence-electron chi connectivity index (χ4n) is 1.15. The van der Waals surface area contributed by atoms with Gasteiger partial charge in [-0.25, -0.2) is 4.98 Å². The first-order valence-electron chi connectivity index (χ1n) is 4.66. The highest BCUT2D eigenvalue weighted by molar-refractivity contribution is 7.99. The van der Waals surface area contributed by atoms with E-state index in [4.69, 9.17) is 5.73 Å². The van der Waals surface area contributed by atoms with Gasteiger partial charge >= 0.3 is 0 Å². The molecule has 2 N–H and O–H groups in total. The van der Waals surface area contributed by atoms with Crippen molar-refractivity contribution in [3.8, 4) is 0 Å². The normalized spacial score (nSPS) is 10.4. The molecule has 2 aromatic heterocycles. The molecule has 0 saturated heterocycles. The van der Waals surface area contributed by atoms with Crippen molar-refractivity contribution in [2.45, 2.75) is 11.6 Å². The molecule has 2 aromatic rings. The molecule has 0 fully saturated rings. The van der Waals surface area contributed by atoms with Gasteiger partial charge in [-0.3, -0.25) is 4.68 Å². The van der Waals surface area contributed by atoms with E-state index in [9.17, 15) is 0 Å². The largest absolute Gasteiger partial charge is 0.397 e. The molecule has 2 rings (SSSR count). The van der Waals surface area contributed by atoms with Gasteiger partial charge in [0.25, 0.3) is 0 Å². The Bertz CT molecular complexity index is 396. The molecule has 0 bridgehead atoms. The van der Waals surface area contributed by atoms with Crippen LogP contribution in [0.15, 0.2) is 41.8 Å². The summed E-state index contributed by atoms with van der Waals surface area (Å²) in [5.74, 6) is 0.957. The van der Waals surface area contributed by atoms with E-state index in [0.29, 0.717) is 5.69 Å². The van der Waals surface area contributed by atoms with Crippen molar-refractivity contribution in [2.75, 3.05) is 11.5 Å². The number of aromatic nitrogens is 3. The van der Waals surface area contributed by atoms with Crippen LogP contribution < -0.4 is 5.73 Å². The molecule has 0 amide bonds. The van der Waals surface area contributed by atoms with E-state index in [-0.39, 0.29) is 0 Å². The highest BCUT2D eigenvalue weighted by Gasteiger charge is 1.96. The summed E-state index contributed by atoms with van der Waals surface area (Å²) in [4.78, 5) is 4.21. The second-order valence-electron chi connectivity index (χ2n) is 3.05. The number of thioether (sulfide) groups is 1. The Balaban J connectivity index is 1.81. The van der Waals surface area contributed by atoms with Crippen molar-refractivity contribution in [1.82, 2.24) is 14.8 Å². The first-order valence-corrected chi connectivity index (χ1v) is 5.65. The molecule has 0 saturated carbocycles. The summed E-state index contributed by atoms with van der Waals surface area (Å²) in [5, 5.41) is 5.12. The third kappa shape index (κ3) is 2.99. The smallest absolute Gasteiger partial charge is 0.0962 e. The van der Waals surface area contributed by atoms with E-state index in [1.54, 1.807) is 24.2 Å². The first-order chi connectivity index (χ1) is 7.34. The van der Waals surface area contributed by atoms with Crippen LogP contribution in [0.2, 0.25) is 0 Å². The molecule has 0 aliphatic carbocycles. The Labute approximate surface area is 92.5 Å². The Hall–Kier alpha value is -1.49. The van der Waals surface area contributed by atoms with Gasteiger partial charge in [0.2, 0.25) is 0 Å². The predicted octanol–water partition coefficient (Wildman–Crippen LogP) is 1.65. The number of aryl methyl sites for hydroxylation is 1. The number of pyridine rings is 1. The zero-order valence-electron chi connectivity index (χ0n) is 8.21. The molecule has 0 unspecified atom stereocenters. The number of nitrogens with two attached hydrogens (primary N) is 1. The van der Waals surface area contributed by atoms with Gasteiger partial charge in [-0.2, -0.15) is 5.10 Å². The van der Waals surface area contributed by atoms with Gasteiger partial charge < -0.3 is 5.73 Å². The third-order valence-corrected chi connectivity index (χ3v) is 2.81. The zero-order valence-corrected chi connectivity index (χ0v) is 9.02. The highest BCUT2D eigenvalue weighted by Crippen LogP contribution is 2.15. The van der Waals surface area contributed by atoms with Crippen LogP contribution in [0.5, 0.6) is 0 Å². The number of rotatable bonds is 4. The SMILES string of the molecule is Nc1ccc(SCCn2cccn2)nc1. The molecule has 0 atom stereocenters. The van der Waals surface area contributed by atoms with Crippen LogP contribution in [0, 0.1) is 0 Å². The maximum atomic E-state index is 5.55. The maximum absolute atomic E-state index is 5.55. The van der Waals surface area contributed by atoms with Crippen LogP contribution in [-0.4, -0.2) is 20.5 Å². The molecule has 0 aliphatic heterocycles. The van der Waals surface area contributed by atoms with E-state index < -0.39 is 0 Å². The van der Waals surface area contributed by atoms with Crippen molar-refractivity contribution >= 4 is 17.4 Å². The second kappa shape index (κ2) is 4.84. The summed E-state index contributed by atoms with van der Waals surface area (Å²) in [5.41, 5.74) is 6.25. The van der Waals surface area contributed by atoms with Gasteiger partial charge in [0, 0.05) is 18.1 Å². The minimum atomic E-state index is 0.700. The highest BCUT2D eigenvalue weighted by atomic mass is 32.2. The lowest BCUT2D eigenvalue weighted by Crippen LogP contribution is -2.00.